The van der Waals surface area contributed by atoms with Crippen molar-refractivity contribution in [1.29, 1.82) is 0 Å². The van der Waals surface area contributed by atoms with Crippen molar-refractivity contribution in [3.63, 3.8) is 0 Å². The Bertz CT molecular complexity index is 1340. The van der Waals surface area contributed by atoms with Gasteiger partial charge in [0.05, 0.1) is 17.1 Å². The van der Waals surface area contributed by atoms with E-state index in [1.165, 1.54) is 5.56 Å². The second kappa shape index (κ2) is 8.54. The Hall–Kier alpha value is -3.93. The lowest BCUT2D eigenvalue weighted by Gasteiger charge is -2.20. The number of benzene rings is 3. The highest BCUT2D eigenvalue weighted by Crippen LogP contribution is 2.28. The van der Waals surface area contributed by atoms with Crippen molar-refractivity contribution in [3.05, 3.63) is 95.3 Å². The molecule has 0 unspecified atom stereocenters. The number of carbonyl (C=O) groups excluding carboxylic acids is 2. The van der Waals surface area contributed by atoms with Crippen molar-refractivity contribution in [2.45, 2.75) is 32.9 Å². The molecule has 0 saturated heterocycles. The van der Waals surface area contributed by atoms with Gasteiger partial charge in [0.2, 0.25) is 5.91 Å². The number of hydrogen-bond acceptors (Lipinski definition) is 3. The number of rotatable bonds is 5. The molecule has 1 aromatic heterocycles. The van der Waals surface area contributed by atoms with Crippen molar-refractivity contribution in [2.75, 3.05) is 11.4 Å². The van der Waals surface area contributed by atoms with E-state index in [9.17, 15) is 9.59 Å². The Labute approximate surface area is 192 Å². The fourth-order valence-electron chi connectivity index (χ4n) is 4.46. The highest BCUT2D eigenvalue weighted by Gasteiger charge is 2.27. The summed E-state index contributed by atoms with van der Waals surface area (Å²) in [5.41, 5.74) is 5.56. The predicted octanol–water partition coefficient (Wildman–Crippen LogP) is 4.43. The quantitative estimate of drug-likeness (QED) is 0.501. The van der Waals surface area contributed by atoms with E-state index in [4.69, 9.17) is 4.98 Å². The number of nitrogens with one attached hydrogen (secondary N) is 1. The van der Waals surface area contributed by atoms with Crippen molar-refractivity contribution in [3.8, 4) is 0 Å². The summed E-state index contributed by atoms with van der Waals surface area (Å²) in [4.78, 5) is 32.8. The fraction of sp³-hybridized carbons (Fsp3) is 0.222. The maximum absolute atomic E-state index is 13.4. The Morgan fingerprint density at radius 3 is 2.55 bits per heavy atom. The van der Waals surface area contributed by atoms with Crippen LogP contribution in [0.15, 0.2) is 72.8 Å². The average molecular weight is 439 g/mol. The monoisotopic (exact) mass is 438 g/mol. The zero-order valence-corrected chi connectivity index (χ0v) is 18.8. The first-order valence-electron chi connectivity index (χ1n) is 11.2. The molecule has 2 amide bonds. The van der Waals surface area contributed by atoms with Crippen LogP contribution in [0.4, 0.5) is 5.69 Å². The minimum Gasteiger partial charge on any atom is -0.342 e. The average Bonchev–Trinajstić information content (AvgIpc) is 3.41. The molecular weight excluding hydrogens is 412 g/mol. The largest absolute Gasteiger partial charge is 0.342 e. The molecule has 4 aromatic rings. The van der Waals surface area contributed by atoms with Crippen LogP contribution in [0.3, 0.4) is 0 Å². The van der Waals surface area contributed by atoms with Crippen LogP contribution in [0, 0.1) is 6.92 Å². The number of hydrogen-bond donors (Lipinski definition) is 1. The van der Waals surface area contributed by atoms with E-state index in [0.717, 1.165) is 28.7 Å². The van der Waals surface area contributed by atoms with Gasteiger partial charge in [-0.25, -0.2) is 4.98 Å². The smallest absolute Gasteiger partial charge is 0.251 e. The molecule has 2 heterocycles. The molecule has 0 bridgehead atoms. The zero-order valence-electron chi connectivity index (χ0n) is 18.8. The summed E-state index contributed by atoms with van der Waals surface area (Å²) >= 11 is 0. The number of anilines is 1. The SMILES string of the molecule is Cc1ccc(C(=O)N[C@H](C)c2nc3ccccc3n2CC(=O)N2CCc3ccccc32)cc1. The van der Waals surface area contributed by atoms with Gasteiger partial charge in [0.15, 0.2) is 0 Å². The van der Waals surface area contributed by atoms with Crippen LogP contribution in [0.5, 0.6) is 0 Å². The van der Waals surface area contributed by atoms with Gasteiger partial charge in [-0.05, 0) is 56.2 Å². The molecule has 1 atom stereocenters. The van der Waals surface area contributed by atoms with Crippen molar-refractivity contribution in [1.82, 2.24) is 14.9 Å². The van der Waals surface area contributed by atoms with E-state index < -0.39 is 0 Å². The third kappa shape index (κ3) is 4.00. The van der Waals surface area contributed by atoms with Crippen molar-refractivity contribution in [2.24, 2.45) is 0 Å². The topological polar surface area (TPSA) is 67.2 Å². The third-order valence-electron chi connectivity index (χ3n) is 6.21. The van der Waals surface area contributed by atoms with Crippen molar-refractivity contribution >= 4 is 28.5 Å². The van der Waals surface area contributed by atoms with E-state index in [-0.39, 0.29) is 24.4 Å². The highest BCUT2D eigenvalue weighted by molar-refractivity contribution is 5.96. The first-order valence-corrected chi connectivity index (χ1v) is 11.2. The summed E-state index contributed by atoms with van der Waals surface area (Å²) in [7, 11) is 0. The molecule has 0 saturated carbocycles. The lowest BCUT2D eigenvalue weighted by atomic mass is 10.1. The summed E-state index contributed by atoms with van der Waals surface area (Å²) in [6, 6.07) is 22.9. The molecular formula is C27H26N4O2. The van der Waals surface area contributed by atoms with E-state index >= 15 is 0 Å². The Morgan fingerprint density at radius 2 is 1.73 bits per heavy atom. The Morgan fingerprint density at radius 1 is 1.00 bits per heavy atom. The second-order valence-electron chi connectivity index (χ2n) is 8.53. The lowest BCUT2D eigenvalue weighted by Crippen LogP contribution is -2.34. The van der Waals surface area contributed by atoms with Crippen molar-refractivity contribution < 1.29 is 9.59 Å². The normalized spacial score (nSPS) is 13.7. The number of imidazole rings is 1. The molecule has 1 aliphatic rings. The third-order valence-corrected chi connectivity index (χ3v) is 6.21. The van der Waals surface area contributed by atoms with E-state index in [0.29, 0.717) is 17.9 Å². The minimum absolute atomic E-state index is 0.0152. The molecule has 0 aliphatic carbocycles. The van der Waals surface area contributed by atoms with Crippen LogP contribution >= 0.6 is 0 Å². The van der Waals surface area contributed by atoms with Gasteiger partial charge in [-0.15, -0.1) is 0 Å². The minimum atomic E-state index is -0.370. The first-order chi connectivity index (χ1) is 16.0. The van der Waals surface area contributed by atoms with Crippen LogP contribution in [-0.4, -0.2) is 27.9 Å². The van der Waals surface area contributed by atoms with E-state index in [1.807, 2.05) is 90.0 Å². The Balaban J connectivity index is 1.43. The first kappa shape index (κ1) is 20.9. The van der Waals surface area contributed by atoms with E-state index in [1.54, 1.807) is 0 Å². The summed E-state index contributed by atoms with van der Waals surface area (Å²) < 4.78 is 1.93. The summed E-state index contributed by atoms with van der Waals surface area (Å²) in [5, 5.41) is 3.04. The molecule has 0 radical (unpaired) electrons. The number of aromatic nitrogens is 2. The molecule has 0 spiro atoms. The summed E-state index contributed by atoms with van der Waals surface area (Å²) in [6.45, 7) is 4.73. The molecule has 33 heavy (non-hydrogen) atoms. The van der Waals surface area contributed by atoms with Gasteiger partial charge in [-0.2, -0.15) is 0 Å². The van der Waals surface area contributed by atoms with Gasteiger partial charge in [0, 0.05) is 17.8 Å². The van der Waals surface area contributed by atoms with Gasteiger partial charge in [-0.1, -0.05) is 48.0 Å². The van der Waals surface area contributed by atoms with E-state index in [2.05, 4.69) is 11.4 Å². The van der Waals surface area contributed by atoms with Crippen LogP contribution < -0.4 is 10.2 Å². The summed E-state index contributed by atoms with van der Waals surface area (Å²) in [6.07, 6.45) is 0.864. The number of nitrogens with zero attached hydrogens (tertiary/aromatic N) is 3. The van der Waals surface area contributed by atoms with Gasteiger partial charge in [-0.3, -0.25) is 9.59 Å². The number of para-hydroxylation sites is 3. The predicted molar refractivity (Wildman–Crippen MR) is 129 cm³/mol. The van der Waals surface area contributed by atoms with Crippen LogP contribution in [0.1, 0.15) is 40.3 Å². The summed E-state index contributed by atoms with van der Waals surface area (Å²) in [5.74, 6) is 0.514. The Kier molecular flexibility index (Phi) is 5.42. The number of carbonyl (C=O) groups is 2. The van der Waals surface area contributed by atoms with Crippen LogP contribution in [0.2, 0.25) is 0 Å². The fourth-order valence-corrected chi connectivity index (χ4v) is 4.46. The molecule has 5 rings (SSSR count). The molecule has 6 nitrogen and oxygen atoms in total. The van der Waals surface area contributed by atoms with Gasteiger partial charge < -0.3 is 14.8 Å². The number of aryl methyl sites for hydroxylation is 1. The lowest BCUT2D eigenvalue weighted by molar-refractivity contribution is -0.119. The molecule has 6 heteroatoms. The molecule has 1 N–H and O–H groups in total. The molecule has 0 fully saturated rings. The van der Waals surface area contributed by atoms with Crippen LogP contribution in [0.25, 0.3) is 11.0 Å². The molecule has 1 aliphatic heterocycles. The standard InChI is InChI=1S/C27H26N4O2/c1-18-11-13-21(14-12-18)27(33)28-19(2)26-29-22-8-4-6-10-24(22)31(26)17-25(32)30-16-15-20-7-3-5-9-23(20)30/h3-14,19H,15-17H2,1-2H3,(H,28,33)/t19-/m1/s1. The zero-order chi connectivity index (χ0) is 22.9. The second-order valence-corrected chi connectivity index (χ2v) is 8.53. The molecule has 166 valence electrons. The maximum Gasteiger partial charge on any atom is 0.251 e. The van der Waals surface area contributed by atoms with Crippen LogP contribution in [-0.2, 0) is 17.8 Å². The van der Waals surface area contributed by atoms with Gasteiger partial charge >= 0.3 is 0 Å². The number of amides is 2. The van der Waals surface area contributed by atoms with Gasteiger partial charge in [0.1, 0.15) is 12.4 Å². The number of fused-ring (bicyclic) bond motifs is 2. The highest BCUT2D eigenvalue weighted by atomic mass is 16.2. The van der Waals surface area contributed by atoms with Gasteiger partial charge in [0.25, 0.3) is 5.91 Å². The molecule has 3 aromatic carbocycles. The maximum atomic E-state index is 13.4.